The number of methoxy groups -OCH3 is 1. The molecule has 2 aliphatic carbocycles. The summed E-state index contributed by atoms with van der Waals surface area (Å²) in [6.07, 6.45) is -1.18. The highest BCUT2D eigenvalue weighted by Crippen LogP contribution is 2.68. The van der Waals surface area contributed by atoms with Crippen LogP contribution in [0.3, 0.4) is 0 Å². The van der Waals surface area contributed by atoms with Crippen molar-refractivity contribution in [2.45, 2.75) is 117 Å². The van der Waals surface area contributed by atoms with Crippen molar-refractivity contribution in [3.05, 3.63) is 169 Å². The minimum atomic E-state index is -4.65. The molecular formula is C57H65F4N5O14. The van der Waals surface area contributed by atoms with Gasteiger partial charge in [0.25, 0.3) is 10.2 Å². The van der Waals surface area contributed by atoms with Crippen molar-refractivity contribution in [3.63, 3.8) is 0 Å². The molecule has 8 rings (SSSR count). The van der Waals surface area contributed by atoms with Crippen molar-refractivity contribution in [2.75, 3.05) is 26.9 Å². The van der Waals surface area contributed by atoms with Gasteiger partial charge in [0, 0.05) is 24.5 Å². The Kier molecular flexibility index (Phi) is 21.3. The molecule has 5 atom stereocenters. The average molecular weight is 1120 g/mol. The van der Waals surface area contributed by atoms with Crippen molar-refractivity contribution in [2.24, 2.45) is 17.1 Å². The van der Waals surface area contributed by atoms with Gasteiger partial charge >= 0.3 is 18.4 Å². The van der Waals surface area contributed by atoms with E-state index in [0.717, 1.165) is 60.3 Å². The second-order valence-electron chi connectivity index (χ2n) is 19.1. The van der Waals surface area contributed by atoms with Gasteiger partial charge in [0.2, 0.25) is 5.91 Å². The number of likely N-dealkylation sites (tertiary alicyclic amines) is 1. The molecule has 2 N–H and O–H groups in total. The van der Waals surface area contributed by atoms with Crippen LogP contribution >= 0.6 is 0 Å². The summed E-state index contributed by atoms with van der Waals surface area (Å²) in [4.78, 5) is 72.9. The van der Waals surface area contributed by atoms with Gasteiger partial charge < -0.3 is 44.0 Å². The molecule has 80 heavy (non-hydrogen) atoms. The number of alkyl halides is 3. The zero-order valence-electron chi connectivity index (χ0n) is 45.0. The third-order valence-electron chi connectivity index (χ3n) is 14.0. The Hall–Kier alpha value is -8.37. The fourth-order valence-corrected chi connectivity index (χ4v) is 10.9. The van der Waals surface area contributed by atoms with E-state index in [0.29, 0.717) is 61.9 Å². The molecule has 19 nitrogen and oxygen atoms in total. The van der Waals surface area contributed by atoms with Gasteiger partial charge in [0.05, 0.1) is 37.8 Å². The first-order valence-electron chi connectivity index (χ1n) is 26.1. The van der Waals surface area contributed by atoms with Crippen LogP contribution in [-0.4, -0.2) is 77.0 Å². The van der Waals surface area contributed by atoms with E-state index in [4.69, 9.17) is 24.7 Å². The number of amides is 3. The summed E-state index contributed by atoms with van der Waals surface area (Å²) in [5.74, 6) is -0.384. The summed E-state index contributed by atoms with van der Waals surface area (Å²) >= 11 is 0. The summed E-state index contributed by atoms with van der Waals surface area (Å²) in [7, 11) is 1.62. The van der Waals surface area contributed by atoms with Crippen LogP contribution in [0.1, 0.15) is 105 Å². The number of benzene rings is 5. The van der Waals surface area contributed by atoms with E-state index in [1.165, 1.54) is 18.2 Å². The first-order valence-corrected chi connectivity index (χ1v) is 26.1. The first kappa shape index (κ1) is 60.9. The van der Waals surface area contributed by atoms with Crippen LogP contribution in [0.4, 0.5) is 27.2 Å². The highest BCUT2D eigenvalue weighted by molar-refractivity contribution is 5.84. The van der Waals surface area contributed by atoms with Crippen LogP contribution < -0.4 is 29.4 Å². The van der Waals surface area contributed by atoms with Gasteiger partial charge in [-0.05, 0) is 140 Å². The first-order chi connectivity index (χ1) is 38.3. The standard InChI is InChI=1S/C47H51F4N3O9.C8H8N2O5.C2H6/c1-4-21-52(28-31-12-18-39(59-3)30(2)24-31)44(55)42-37(33-13-16-35(17-14-33)60-22-5-6-23-61-40-19-15-34(26-38(40)48)47(49,50)51)27-46-20-8-11-41(46)53(43(42)46)45(56)63-36-10-7-9-32(25-36)29-62-54(57)58;9-8(11)15-7-3-1-2-6(4-7)5-14-10(12)13;1-2/h7,9-10,12-19,24-26,37,41-43H,4-6,8,11,20-23,27-29H2,1-3H3;1-4H,5H2,(H2,9,11);1-2H3. The molecule has 3 amide bonds. The van der Waals surface area contributed by atoms with Crippen LogP contribution in [-0.2, 0) is 40.4 Å². The third kappa shape index (κ3) is 15.5. The van der Waals surface area contributed by atoms with Crippen LogP contribution in [0.25, 0.3) is 0 Å². The van der Waals surface area contributed by atoms with E-state index < -0.39 is 51.9 Å². The fourth-order valence-electron chi connectivity index (χ4n) is 10.9. The Balaban J connectivity index is 0.000000522. The van der Waals surface area contributed by atoms with Crippen molar-refractivity contribution in [1.82, 2.24) is 9.80 Å². The summed E-state index contributed by atoms with van der Waals surface area (Å²) in [6, 6.07) is 27.7. The number of unbranched alkanes of at least 4 members (excludes halogenated alkanes) is 1. The molecule has 5 unspecified atom stereocenters. The number of hydrogen-bond acceptors (Lipinski definition) is 14. The highest BCUT2D eigenvalue weighted by Gasteiger charge is 2.73. The minimum Gasteiger partial charge on any atom is -0.496 e. The van der Waals surface area contributed by atoms with Crippen molar-refractivity contribution < 1.29 is 75.5 Å². The van der Waals surface area contributed by atoms with Gasteiger partial charge in [-0.2, -0.15) is 13.2 Å². The second-order valence-corrected chi connectivity index (χ2v) is 19.1. The van der Waals surface area contributed by atoms with Crippen LogP contribution in [0.15, 0.2) is 109 Å². The molecule has 3 aliphatic rings. The van der Waals surface area contributed by atoms with Crippen molar-refractivity contribution in [3.8, 4) is 28.7 Å². The van der Waals surface area contributed by atoms with Gasteiger partial charge in [-0.15, -0.1) is 20.2 Å². The number of carbonyl (C=O) groups is 3. The number of carbonyl (C=O) groups excluding carboxylic acids is 3. The number of primary amides is 1. The number of halogens is 4. The zero-order chi connectivity index (χ0) is 58.1. The van der Waals surface area contributed by atoms with Gasteiger partial charge in [-0.3, -0.25) is 9.69 Å². The molecule has 0 aromatic heterocycles. The van der Waals surface area contributed by atoms with Gasteiger partial charge in [0.1, 0.15) is 36.2 Å². The summed E-state index contributed by atoms with van der Waals surface area (Å²) < 4.78 is 80.2. The largest absolute Gasteiger partial charge is 0.496 e. The monoisotopic (exact) mass is 1120 g/mol. The minimum absolute atomic E-state index is 0.0435. The summed E-state index contributed by atoms with van der Waals surface area (Å²) in [6.45, 7) is 8.79. The molecule has 1 saturated heterocycles. The maximum atomic E-state index is 15.2. The normalized spacial score (nSPS) is 18.5. The maximum Gasteiger partial charge on any atom is 0.416 e. The molecule has 23 heteroatoms. The van der Waals surface area contributed by atoms with E-state index >= 15 is 4.79 Å². The lowest BCUT2D eigenvalue weighted by atomic mass is 9.66. The molecule has 5 aromatic rings. The maximum absolute atomic E-state index is 15.2. The van der Waals surface area contributed by atoms with Crippen molar-refractivity contribution >= 4 is 18.1 Å². The lowest BCUT2D eigenvalue weighted by molar-refractivity contribution is -0.763. The van der Waals surface area contributed by atoms with Crippen LogP contribution in [0.2, 0.25) is 0 Å². The lowest BCUT2D eigenvalue weighted by Crippen LogP contribution is -2.71. The quantitative estimate of drug-likeness (QED) is 0.0294. The molecule has 0 radical (unpaired) electrons. The highest BCUT2D eigenvalue weighted by atomic mass is 19.4. The van der Waals surface area contributed by atoms with Gasteiger partial charge in [-0.1, -0.05) is 75.7 Å². The predicted molar refractivity (Wildman–Crippen MR) is 282 cm³/mol. The fraction of sp³-hybridized carbons (Fsp3) is 0.421. The number of ether oxygens (including phenoxy) is 5. The SMILES string of the molecule is CC.CCCN(Cc1ccc(OC)c(C)c1)C(=O)C1C(c2ccc(OCCCCOc3ccc(C(F)(F)F)cc3F)cc2)CC23CCCC2N(C(=O)Oc2cccc(CO[N+](=O)[O-])c2)C13.NC(=O)Oc1cccc(CO[N+](=O)[O-])c1. The molecule has 430 valence electrons. The van der Waals surface area contributed by atoms with Crippen molar-refractivity contribution in [1.29, 1.82) is 0 Å². The van der Waals surface area contributed by atoms with Gasteiger partial charge in [-0.25, -0.2) is 14.0 Å². The van der Waals surface area contributed by atoms with E-state index in [-0.39, 0.29) is 60.4 Å². The number of rotatable bonds is 22. The molecule has 5 aromatic carbocycles. The Morgan fingerprint density at radius 1 is 0.787 bits per heavy atom. The predicted octanol–water partition coefficient (Wildman–Crippen LogP) is 12.0. The Morgan fingerprint density at radius 2 is 1.40 bits per heavy atom. The van der Waals surface area contributed by atoms with Crippen LogP contribution in [0.5, 0.6) is 28.7 Å². The Labute approximate surface area is 460 Å². The van der Waals surface area contributed by atoms with Gasteiger partial charge in [0.15, 0.2) is 11.6 Å². The molecular weight excluding hydrogens is 1050 g/mol. The molecule has 1 heterocycles. The number of hydrogen-bond donors (Lipinski definition) is 1. The molecule has 1 aliphatic heterocycles. The molecule has 1 spiro atoms. The zero-order valence-corrected chi connectivity index (χ0v) is 45.0. The number of nitrogens with two attached hydrogens (primary N) is 1. The lowest BCUT2D eigenvalue weighted by Gasteiger charge is -2.58. The number of aryl methyl sites for hydroxylation is 1. The van der Waals surface area contributed by atoms with E-state index in [9.17, 15) is 47.4 Å². The van der Waals surface area contributed by atoms with Crippen LogP contribution in [0, 0.1) is 44.3 Å². The molecule has 3 fully saturated rings. The average Bonchev–Trinajstić information content (AvgIpc) is 3.93. The summed E-state index contributed by atoms with van der Waals surface area (Å²) in [5.41, 5.74) is 7.26. The third-order valence-corrected chi connectivity index (χ3v) is 14.0. The Bertz CT molecular complexity index is 2930. The summed E-state index contributed by atoms with van der Waals surface area (Å²) in [5, 5.41) is 18.9. The molecule has 2 saturated carbocycles. The van der Waals surface area contributed by atoms with E-state index in [1.807, 2.05) is 75.1 Å². The topological polar surface area (TPSA) is 235 Å². The Morgan fingerprint density at radius 3 is 1.96 bits per heavy atom. The number of nitrogens with zero attached hydrogens (tertiary/aromatic N) is 4. The smallest absolute Gasteiger partial charge is 0.416 e. The van der Waals surface area contributed by atoms with E-state index in [2.05, 4.69) is 14.4 Å². The second kappa shape index (κ2) is 28.0. The molecule has 0 bridgehead atoms. The van der Waals surface area contributed by atoms with E-state index in [1.54, 1.807) is 42.3 Å².